The number of piperidine rings is 1. The van der Waals surface area contributed by atoms with E-state index < -0.39 is 16.7 Å². The number of carbonyl (C=O) groups excluding carboxylic acids is 3. The van der Waals surface area contributed by atoms with Gasteiger partial charge in [0.15, 0.2) is 0 Å². The molecule has 3 amide bonds. The van der Waals surface area contributed by atoms with E-state index in [4.69, 9.17) is 4.74 Å². The Morgan fingerprint density at radius 2 is 1.94 bits per heavy atom. The molecule has 2 rings (SSSR count). The summed E-state index contributed by atoms with van der Waals surface area (Å²) in [6.45, 7) is 6.41. The van der Waals surface area contributed by atoms with Crippen LogP contribution in [0.4, 0.5) is 5.69 Å². The van der Waals surface area contributed by atoms with Gasteiger partial charge in [-0.3, -0.25) is 40.2 Å². The first-order valence-corrected chi connectivity index (χ1v) is 10.7. The molecule has 1 aliphatic heterocycles. The topological polar surface area (TPSA) is 143 Å². The van der Waals surface area contributed by atoms with Crippen molar-refractivity contribution in [2.75, 3.05) is 32.8 Å². The number of non-ortho nitro benzene ring substituents is 1. The second-order valence-corrected chi connectivity index (χ2v) is 7.92. The van der Waals surface area contributed by atoms with E-state index >= 15 is 0 Å². The minimum absolute atomic E-state index is 0.0304. The first-order chi connectivity index (χ1) is 15.3. The number of rotatable bonds is 10. The molecule has 32 heavy (non-hydrogen) atoms. The Hall–Kier alpha value is -3.05. The summed E-state index contributed by atoms with van der Waals surface area (Å²) in [5.41, 5.74) is 4.44. The Kier molecular flexibility index (Phi) is 10.0. The molecule has 11 nitrogen and oxygen atoms in total. The van der Waals surface area contributed by atoms with Crippen molar-refractivity contribution >= 4 is 23.4 Å². The van der Waals surface area contributed by atoms with Crippen LogP contribution in [-0.2, 0) is 14.3 Å². The molecule has 1 saturated heterocycles. The van der Waals surface area contributed by atoms with Crippen molar-refractivity contribution in [3.63, 3.8) is 0 Å². The first kappa shape index (κ1) is 25.2. The smallest absolute Gasteiger partial charge is 0.270 e. The van der Waals surface area contributed by atoms with Crippen LogP contribution in [0.25, 0.3) is 0 Å². The molecule has 1 aromatic rings. The van der Waals surface area contributed by atoms with Crippen LogP contribution in [-0.4, -0.2) is 66.4 Å². The number of benzene rings is 1. The molecule has 1 aromatic carbocycles. The van der Waals surface area contributed by atoms with Gasteiger partial charge in [-0.25, -0.2) is 0 Å². The van der Waals surface area contributed by atoms with Gasteiger partial charge in [0.1, 0.15) is 0 Å². The summed E-state index contributed by atoms with van der Waals surface area (Å²) in [7, 11) is 0. The van der Waals surface area contributed by atoms with E-state index in [1.54, 1.807) is 0 Å². The fourth-order valence-corrected chi connectivity index (χ4v) is 3.30. The largest absolute Gasteiger partial charge is 0.379 e. The molecule has 176 valence electrons. The minimum Gasteiger partial charge on any atom is -0.379 e. The molecule has 1 fully saturated rings. The van der Waals surface area contributed by atoms with Crippen LogP contribution in [0.15, 0.2) is 24.3 Å². The van der Waals surface area contributed by atoms with Crippen LogP contribution in [0, 0.1) is 16.0 Å². The van der Waals surface area contributed by atoms with Crippen molar-refractivity contribution in [1.82, 2.24) is 21.1 Å². The van der Waals surface area contributed by atoms with Crippen LogP contribution in [0.2, 0.25) is 0 Å². The number of nitrogens with zero attached hydrogens (tertiary/aromatic N) is 2. The van der Waals surface area contributed by atoms with Crippen LogP contribution >= 0.6 is 0 Å². The number of nitrogens with one attached hydrogen (secondary N) is 3. The van der Waals surface area contributed by atoms with E-state index in [2.05, 4.69) is 16.2 Å². The highest BCUT2D eigenvalue weighted by Crippen LogP contribution is 2.17. The van der Waals surface area contributed by atoms with Gasteiger partial charge in [-0.2, -0.15) is 0 Å². The third kappa shape index (κ3) is 8.60. The fourth-order valence-electron chi connectivity index (χ4n) is 3.30. The zero-order valence-corrected chi connectivity index (χ0v) is 18.5. The molecule has 1 heterocycles. The predicted octanol–water partition coefficient (Wildman–Crippen LogP) is 0.999. The molecule has 0 aliphatic carbocycles. The predicted molar refractivity (Wildman–Crippen MR) is 117 cm³/mol. The second-order valence-electron chi connectivity index (χ2n) is 7.92. The maximum atomic E-state index is 12.3. The zero-order chi connectivity index (χ0) is 23.5. The molecule has 0 saturated carbocycles. The standard InChI is InChI=1S/C21H31N5O6/c1-15(2)32-12-4-9-22-20(28)16-7-10-25(11-8-16)14-19(27)23-24-21(29)17-5-3-6-18(13-17)26(30)31/h3,5-6,13,15-16H,4,7-12,14H2,1-2H3,(H,22,28)(H,23,27)(H,24,29). The van der Waals surface area contributed by atoms with Crippen molar-refractivity contribution in [2.24, 2.45) is 5.92 Å². The van der Waals surface area contributed by atoms with Crippen LogP contribution in [0.1, 0.15) is 43.5 Å². The summed E-state index contributed by atoms with van der Waals surface area (Å²) < 4.78 is 5.45. The lowest BCUT2D eigenvalue weighted by molar-refractivity contribution is -0.384. The highest BCUT2D eigenvalue weighted by atomic mass is 16.6. The Morgan fingerprint density at radius 1 is 1.22 bits per heavy atom. The molecule has 0 unspecified atom stereocenters. The zero-order valence-electron chi connectivity index (χ0n) is 18.5. The first-order valence-electron chi connectivity index (χ1n) is 10.7. The van der Waals surface area contributed by atoms with Gasteiger partial charge in [0.05, 0.1) is 17.6 Å². The maximum absolute atomic E-state index is 12.3. The number of nitro groups is 1. The summed E-state index contributed by atoms with van der Waals surface area (Å²) >= 11 is 0. The van der Waals surface area contributed by atoms with Gasteiger partial charge in [0, 0.05) is 36.8 Å². The second kappa shape index (κ2) is 12.7. The molecule has 0 radical (unpaired) electrons. The van der Waals surface area contributed by atoms with E-state index in [0.29, 0.717) is 39.1 Å². The van der Waals surface area contributed by atoms with E-state index in [0.717, 1.165) is 12.5 Å². The summed E-state index contributed by atoms with van der Waals surface area (Å²) in [5, 5.41) is 13.7. The van der Waals surface area contributed by atoms with Gasteiger partial charge in [-0.1, -0.05) is 6.07 Å². The normalized spacial score (nSPS) is 14.7. The number of hydrogen-bond donors (Lipinski definition) is 3. The van der Waals surface area contributed by atoms with Crippen molar-refractivity contribution in [3.05, 3.63) is 39.9 Å². The van der Waals surface area contributed by atoms with E-state index in [1.807, 2.05) is 18.7 Å². The van der Waals surface area contributed by atoms with E-state index in [1.165, 1.54) is 18.2 Å². The summed E-state index contributed by atoms with van der Waals surface area (Å²) in [6, 6.07) is 5.23. The van der Waals surface area contributed by atoms with Gasteiger partial charge in [0.2, 0.25) is 5.91 Å². The maximum Gasteiger partial charge on any atom is 0.270 e. The highest BCUT2D eigenvalue weighted by molar-refractivity contribution is 5.96. The molecular weight excluding hydrogens is 418 g/mol. The van der Waals surface area contributed by atoms with Crippen molar-refractivity contribution in [3.8, 4) is 0 Å². The van der Waals surface area contributed by atoms with Crippen molar-refractivity contribution in [1.29, 1.82) is 0 Å². The SMILES string of the molecule is CC(C)OCCCNC(=O)C1CCN(CC(=O)NNC(=O)c2cccc([N+](=O)[O-])c2)CC1. The lowest BCUT2D eigenvalue weighted by Crippen LogP contribution is -2.48. The quantitative estimate of drug-likeness (QED) is 0.275. The third-order valence-corrected chi connectivity index (χ3v) is 5.03. The van der Waals surface area contributed by atoms with Crippen LogP contribution < -0.4 is 16.2 Å². The van der Waals surface area contributed by atoms with Crippen LogP contribution in [0.3, 0.4) is 0 Å². The lowest BCUT2D eigenvalue weighted by atomic mass is 9.96. The van der Waals surface area contributed by atoms with Gasteiger partial charge in [-0.05, 0) is 52.3 Å². The molecule has 11 heteroatoms. The van der Waals surface area contributed by atoms with Gasteiger partial charge in [-0.15, -0.1) is 0 Å². The van der Waals surface area contributed by atoms with Crippen molar-refractivity contribution in [2.45, 2.75) is 39.2 Å². The number of ether oxygens (including phenoxy) is 1. The Morgan fingerprint density at radius 3 is 2.59 bits per heavy atom. The summed E-state index contributed by atoms with van der Waals surface area (Å²) in [6.07, 6.45) is 2.26. The van der Waals surface area contributed by atoms with Gasteiger partial charge in [0.25, 0.3) is 17.5 Å². The molecule has 0 spiro atoms. The Bertz CT molecular complexity index is 808. The van der Waals surface area contributed by atoms with Gasteiger partial charge < -0.3 is 10.1 Å². The average Bonchev–Trinajstić information content (AvgIpc) is 2.77. The number of carbonyl (C=O) groups is 3. The monoisotopic (exact) mass is 449 g/mol. The lowest BCUT2D eigenvalue weighted by Gasteiger charge is -2.30. The number of nitro benzene ring substituents is 1. The Balaban J connectivity index is 1.65. The number of amides is 3. The minimum atomic E-state index is -0.642. The highest BCUT2D eigenvalue weighted by Gasteiger charge is 2.25. The van der Waals surface area contributed by atoms with E-state index in [-0.39, 0.29) is 35.7 Å². The molecular formula is C21H31N5O6. The number of hydrogen-bond acceptors (Lipinski definition) is 7. The Labute approximate surface area is 187 Å². The number of likely N-dealkylation sites (tertiary alicyclic amines) is 1. The van der Waals surface area contributed by atoms with Gasteiger partial charge >= 0.3 is 0 Å². The number of hydrazine groups is 1. The molecule has 1 aliphatic rings. The van der Waals surface area contributed by atoms with Crippen LogP contribution in [0.5, 0.6) is 0 Å². The van der Waals surface area contributed by atoms with E-state index in [9.17, 15) is 24.5 Å². The molecule has 3 N–H and O–H groups in total. The molecule has 0 atom stereocenters. The molecule has 0 aromatic heterocycles. The molecule has 0 bridgehead atoms. The van der Waals surface area contributed by atoms with Crippen molar-refractivity contribution < 1.29 is 24.0 Å². The average molecular weight is 450 g/mol. The summed E-state index contributed by atoms with van der Waals surface area (Å²) in [5.74, 6) is -1.09. The fraction of sp³-hybridized carbons (Fsp3) is 0.571. The summed E-state index contributed by atoms with van der Waals surface area (Å²) in [4.78, 5) is 48.6. The third-order valence-electron chi connectivity index (χ3n) is 5.03.